The van der Waals surface area contributed by atoms with Crippen molar-refractivity contribution in [3.63, 3.8) is 0 Å². The van der Waals surface area contributed by atoms with Crippen molar-refractivity contribution in [3.05, 3.63) is 86.5 Å². The Bertz CT molecular complexity index is 1180. The first-order valence-electron chi connectivity index (χ1n) is 9.64. The number of ether oxygens (including phenoxy) is 2. The molecule has 0 saturated carbocycles. The molecule has 0 aromatic heterocycles. The van der Waals surface area contributed by atoms with Crippen LogP contribution in [-0.4, -0.2) is 32.2 Å². The highest BCUT2D eigenvalue weighted by atomic mass is 127. The number of anilines is 1. The van der Waals surface area contributed by atoms with Crippen LogP contribution in [0.3, 0.4) is 0 Å². The zero-order valence-corrected chi connectivity index (χ0v) is 20.0. The molecule has 0 aliphatic heterocycles. The van der Waals surface area contributed by atoms with Gasteiger partial charge < -0.3 is 14.8 Å². The maximum absolute atomic E-state index is 12.8. The molecule has 164 valence electrons. The molecule has 0 fully saturated rings. The summed E-state index contributed by atoms with van der Waals surface area (Å²) in [7, 11) is 3.02. The van der Waals surface area contributed by atoms with Gasteiger partial charge in [0.25, 0.3) is 11.8 Å². The number of hydrogen-bond acceptors (Lipinski definition) is 5. The number of halogens is 1. The van der Waals surface area contributed by atoms with Gasteiger partial charge in [-0.2, -0.15) is 5.10 Å². The van der Waals surface area contributed by atoms with Gasteiger partial charge in [-0.3, -0.25) is 9.59 Å². The van der Waals surface area contributed by atoms with Crippen LogP contribution in [0.25, 0.3) is 0 Å². The van der Waals surface area contributed by atoms with Gasteiger partial charge in [-0.1, -0.05) is 29.8 Å². The number of nitrogens with zero attached hydrogens (tertiary/aromatic N) is 1. The fourth-order valence-electron chi connectivity index (χ4n) is 2.96. The van der Waals surface area contributed by atoms with Crippen LogP contribution in [0.2, 0.25) is 0 Å². The molecule has 3 rings (SSSR count). The van der Waals surface area contributed by atoms with E-state index in [2.05, 4.69) is 38.4 Å². The standard InChI is InChI=1S/C24H22IN3O4/c1-15-5-4-6-16(11-15)14-26-28-24(30)19-13-18(25)8-9-20(19)27-23(29)17-7-10-21(31-2)22(12-17)32-3/h4-14H,1-3H3,(H,27,29)(H,28,30)/b26-14+. The molecule has 3 aromatic carbocycles. The highest BCUT2D eigenvalue weighted by Crippen LogP contribution is 2.28. The van der Waals surface area contributed by atoms with Crippen molar-refractivity contribution in [2.45, 2.75) is 6.92 Å². The summed E-state index contributed by atoms with van der Waals surface area (Å²) in [6.45, 7) is 1.98. The van der Waals surface area contributed by atoms with Crippen LogP contribution in [-0.2, 0) is 0 Å². The topological polar surface area (TPSA) is 89.0 Å². The Morgan fingerprint density at radius 3 is 2.44 bits per heavy atom. The van der Waals surface area contributed by atoms with Gasteiger partial charge in [-0.25, -0.2) is 5.43 Å². The Morgan fingerprint density at radius 1 is 0.938 bits per heavy atom. The minimum atomic E-state index is -0.435. The fourth-order valence-corrected chi connectivity index (χ4v) is 3.45. The van der Waals surface area contributed by atoms with Crippen molar-refractivity contribution in [1.82, 2.24) is 5.43 Å². The second kappa shape index (κ2) is 10.8. The van der Waals surface area contributed by atoms with Crippen molar-refractivity contribution in [2.75, 3.05) is 19.5 Å². The van der Waals surface area contributed by atoms with E-state index in [1.54, 1.807) is 42.6 Å². The number of hydrogen-bond donors (Lipinski definition) is 2. The molecule has 0 spiro atoms. The molecular weight excluding hydrogens is 521 g/mol. The molecule has 3 aromatic rings. The first-order valence-corrected chi connectivity index (χ1v) is 10.7. The molecule has 8 heteroatoms. The van der Waals surface area contributed by atoms with E-state index in [4.69, 9.17) is 9.47 Å². The van der Waals surface area contributed by atoms with Gasteiger partial charge in [0, 0.05) is 9.13 Å². The number of nitrogens with one attached hydrogen (secondary N) is 2. The Hall–Kier alpha value is -3.40. The van der Waals surface area contributed by atoms with E-state index in [0.29, 0.717) is 28.3 Å². The summed E-state index contributed by atoms with van der Waals surface area (Å²) >= 11 is 2.11. The van der Waals surface area contributed by atoms with Crippen molar-refractivity contribution in [1.29, 1.82) is 0 Å². The van der Waals surface area contributed by atoms with Crippen LogP contribution in [0.1, 0.15) is 31.8 Å². The van der Waals surface area contributed by atoms with E-state index < -0.39 is 5.91 Å². The molecule has 7 nitrogen and oxygen atoms in total. The van der Waals surface area contributed by atoms with Gasteiger partial charge >= 0.3 is 0 Å². The molecule has 0 unspecified atom stereocenters. The summed E-state index contributed by atoms with van der Waals surface area (Å²) < 4.78 is 11.3. The third-order valence-electron chi connectivity index (χ3n) is 4.54. The average molecular weight is 543 g/mol. The summed E-state index contributed by atoms with van der Waals surface area (Å²) in [6.07, 6.45) is 1.57. The minimum absolute atomic E-state index is 0.298. The summed E-state index contributed by atoms with van der Waals surface area (Å²) in [5.74, 6) is 0.135. The summed E-state index contributed by atoms with van der Waals surface area (Å²) in [4.78, 5) is 25.6. The van der Waals surface area contributed by atoms with Gasteiger partial charge in [0.2, 0.25) is 0 Å². The molecule has 2 N–H and O–H groups in total. The smallest absolute Gasteiger partial charge is 0.273 e. The third-order valence-corrected chi connectivity index (χ3v) is 5.21. The predicted molar refractivity (Wildman–Crippen MR) is 133 cm³/mol. The lowest BCUT2D eigenvalue weighted by Gasteiger charge is -2.12. The minimum Gasteiger partial charge on any atom is -0.493 e. The fraction of sp³-hybridized carbons (Fsp3) is 0.125. The first kappa shape index (κ1) is 23.3. The lowest BCUT2D eigenvalue weighted by Crippen LogP contribution is -2.21. The number of rotatable bonds is 7. The summed E-state index contributed by atoms with van der Waals surface area (Å²) in [5, 5.41) is 6.83. The van der Waals surface area contributed by atoms with Crippen molar-refractivity contribution in [2.24, 2.45) is 5.10 Å². The molecule has 0 radical (unpaired) electrons. The van der Waals surface area contributed by atoms with E-state index in [9.17, 15) is 9.59 Å². The summed E-state index contributed by atoms with van der Waals surface area (Å²) in [6, 6.07) is 17.8. The molecule has 0 bridgehead atoms. The zero-order chi connectivity index (χ0) is 23.1. The highest BCUT2D eigenvalue weighted by Gasteiger charge is 2.16. The number of hydrazone groups is 1. The van der Waals surface area contributed by atoms with Crippen molar-refractivity contribution >= 4 is 46.3 Å². The number of carbonyl (C=O) groups is 2. The average Bonchev–Trinajstić information content (AvgIpc) is 2.79. The third kappa shape index (κ3) is 5.85. The molecule has 0 aliphatic carbocycles. The van der Waals surface area contributed by atoms with E-state index in [-0.39, 0.29) is 5.91 Å². The molecular formula is C24H22IN3O4. The van der Waals surface area contributed by atoms with E-state index >= 15 is 0 Å². The second-order valence-electron chi connectivity index (χ2n) is 6.83. The Kier molecular flexibility index (Phi) is 7.82. The lowest BCUT2D eigenvalue weighted by atomic mass is 10.1. The van der Waals surface area contributed by atoms with E-state index in [1.165, 1.54) is 14.2 Å². The molecule has 0 heterocycles. The number of amides is 2. The van der Waals surface area contributed by atoms with Crippen LogP contribution in [0.4, 0.5) is 5.69 Å². The van der Waals surface area contributed by atoms with Crippen LogP contribution < -0.4 is 20.2 Å². The number of carbonyl (C=O) groups excluding carboxylic acids is 2. The Morgan fingerprint density at radius 2 is 1.72 bits per heavy atom. The monoisotopic (exact) mass is 543 g/mol. The number of methoxy groups -OCH3 is 2. The van der Waals surface area contributed by atoms with Crippen LogP contribution in [0.15, 0.2) is 65.8 Å². The molecule has 0 atom stereocenters. The summed E-state index contributed by atoms with van der Waals surface area (Å²) in [5.41, 5.74) is 5.52. The highest BCUT2D eigenvalue weighted by molar-refractivity contribution is 14.1. The largest absolute Gasteiger partial charge is 0.493 e. The molecule has 2 amide bonds. The van der Waals surface area contributed by atoms with Crippen LogP contribution in [0, 0.1) is 10.5 Å². The molecule has 32 heavy (non-hydrogen) atoms. The van der Waals surface area contributed by atoms with Gasteiger partial charge in [0.15, 0.2) is 11.5 Å². The first-order chi connectivity index (χ1) is 15.4. The van der Waals surface area contributed by atoms with Crippen molar-refractivity contribution in [3.8, 4) is 11.5 Å². The number of benzene rings is 3. The lowest BCUT2D eigenvalue weighted by molar-refractivity contribution is 0.0956. The predicted octanol–water partition coefficient (Wildman–Crippen LogP) is 4.63. The quantitative estimate of drug-likeness (QED) is 0.259. The second-order valence-corrected chi connectivity index (χ2v) is 8.07. The van der Waals surface area contributed by atoms with Crippen molar-refractivity contribution < 1.29 is 19.1 Å². The van der Waals surface area contributed by atoms with E-state index in [1.807, 2.05) is 31.2 Å². The van der Waals surface area contributed by atoms with Gasteiger partial charge in [0.05, 0.1) is 31.7 Å². The molecule has 0 aliphatic rings. The SMILES string of the molecule is COc1ccc(C(=O)Nc2ccc(I)cc2C(=O)N/N=C/c2cccc(C)c2)cc1OC. The normalized spacial score (nSPS) is 10.6. The maximum Gasteiger partial charge on any atom is 0.273 e. The number of aryl methyl sites for hydroxylation is 1. The zero-order valence-electron chi connectivity index (χ0n) is 17.8. The maximum atomic E-state index is 12.8. The Labute approximate surface area is 200 Å². The Balaban J connectivity index is 1.78. The van der Waals surface area contributed by atoms with Crippen LogP contribution >= 0.6 is 22.6 Å². The molecule has 0 saturated heterocycles. The van der Waals surface area contributed by atoms with Gasteiger partial charge in [0.1, 0.15) is 0 Å². The van der Waals surface area contributed by atoms with Gasteiger partial charge in [-0.15, -0.1) is 0 Å². The van der Waals surface area contributed by atoms with Gasteiger partial charge in [-0.05, 0) is 71.5 Å². The van der Waals surface area contributed by atoms with E-state index in [0.717, 1.165) is 14.7 Å². The van der Waals surface area contributed by atoms with Crippen LogP contribution in [0.5, 0.6) is 11.5 Å².